The fourth-order valence-electron chi connectivity index (χ4n) is 3.32. The summed E-state index contributed by atoms with van der Waals surface area (Å²) in [5.41, 5.74) is 0. The van der Waals surface area contributed by atoms with E-state index in [0.29, 0.717) is 11.9 Å². The number of ether oxygens (including phenoxy) is 1. The molecular weight excluding hydrogens is 290 g/mol. The molecule has 2 heterocycles. The normalized spacial score (nSPS) is 26.7. The SMILES string of the molecule is CCCC1CN(C(=O)C2CCCN2)CCN1CCOC.Cl. The molecule has 2 aliphatic rings. The largest absolute Gasteiger partial charge is 0.383 e. The van der Waals surface area contributed by atoms with E-state index in [-0.39, 0.29) is 18.4 Å². The zero-order valence-corrected chi connectivity index (χ0v) is 14.2. The third-order valence-corrected chi connectivity index (χ3v) is 4.48. The van der Waals surface area contributed by atoms with Crippen molar-refractivity contribution in [1.82, 2.24) is 15.1 Å². The van der Waals surface area contributed by atoms with Gasteiger partial charge in [-0.15, -0.1) is 12.4 Å². The molecule has 21 heavy (non-hydrogen) atoms. The Labute approximate surface area is 134 Å². The van der Waals surface area contributed by atoms with Gasteiger partial charge in [0.05, 0.1) is 12.6 Å². The summed E-state index contributed by atoms with van der Waals surface area (Å²) in [6, 6.07) is 0.567. The first-order valence-electron chi connectivity index (χ1n) is 8.01. The Bertz CT molecular complexity index is 311. The lowest BCUT2D eigenvalue weighted by molar-refractivity contribution is -0.136. The van der Waals surface area contributed by atoms with E-state index in [0.717, 1.165) is 65.0 Å². The van der Waals surface area contributed by atoms with Gasteiger partial charge in [0.25, 0.3) is 0 Å². The van der Waals surface area contributed by atoms with Gasteiger partial charge in [-0.25, -0.2) is 0 Å². The first-order chi connectivity index (χ1) is 9.76. The van der Waals surface area contributed by atoms with Crippen LogP contribution in [0, 0.1) is 0 Å². The van der Waals surface area contributed by atoms with Gasteiger partial charge >= 0.3 is 0 Å². The van der Waals surface area contributed by atoms with E-state index in [2.05, 4.69) is 22.0 Å². The number of carbonyl (C=O) groups excluding carboxylic acids is 1. The van der Waals surface area contributed by atoms with Crippen molar-refractivity contribution in [2.45, 2.75) is 44.7 Å². The smallest absolute Gasteiger partial charge is 0.239 e. The van der Waals surface area contributed by atoms with E-state index >= 15 is 0 Å². The molecule has 2 unspecified atom stereocenters. The van der Waals surface area contributed by atoms with Gasteiger partial charge in [-0.2, -0.15) is 0 Å². The molecule has 2 rings (SSSR count). The third-order valence-electron chi connectivity index (χ3n) is 4.48. The molecule has 0 spiro atoms. The molecule has 0 radical (unpaired) electrons. The van der Waals surface area contributed by atoms with Crippen molar-refractivity contribution in [3.05, 3.63) is 0 Å². The highest BCUT2D eigenvalue weighted by Gasteiger charge is 2.32. The Morgan fingerprint density at radius 3 is 2.81 bits per heavy atom. The highest BCUT2D eigenvalue weighted by atomic mass is 35.5. The van der Waals surface area contributed by atoms with Crippen LogP contribution in [0.5, 0.6) is 0 Å². The Morgan fingerprint density at radius 1 is 1.38 bits per heavy atom. The molecule has 5 nitrogen and oxygen atoms in total. The van der Waals surface area contributed by atoms with E-state index in [1.807, 2.05) is 0 Å². The Balaban J connectivity index is 0.00000220. The van der Waals surface area contributed by atoms with Gasteiger partial charge in [0, 0.05) is 39.3 Å². The predicted octanol–water partition coefficient (Wildman–Crippen LogP) is 1.12. The fourth-order valence-corrected chi connectivity index (χ4v) is 3.32. The zero-order chi connectivity index (χ0) is 14.4. The number of hydrogen-bond donors (Lipinski definition) is 1. The number of carbonyl (C=O) groups is 1. The van der Waals surface area contributed by atoms with Gasteiger partial charge < -0.3 is 15.0 Å². The van der Waals surface area contributed by atoms with Crippen molar-refractivity contribution in [2.24, 2.45) is 0 Å². The maximum atomic E-state index is 12.5. The summed E-state index contributed by atoms with van der Waals surface area (Å²) in [6.07, 6.45) is 4.45. The summed E-state index contributed by atoms with van der Waals surface area (Å²) in [4.78, 5) is 17.1. The third kappa shape index (κ3) is 5.09. The molecule has 1 amide bonds. The van der Waals surface area contributed by atoms with E-state index in [1.165, 1.54) is 0 Å². The van der Waals surface area contributed by atoms with Gasteiger partial charge in [-0.05, 0) is 25.8 Å². The zero-order valence-electron chi connectivity index (χ0n) is 13.3. The quantitative estimate of drug-likeness (QED) is 0.797. The van der Waals surface area contributed by atoms with Crippen molar-refractivity contribution < 1.29 is 9.53 Å². The summed E-state index contributed by atoms with van der Waals surface area (Å²) < 4.78 is 5.19. The van der Waals surface area contributed by atoms with Gasteiger partial charge in [0.2, 0.25) is 5.91 Å². The minimum Gasteiger partial charge on any atom is -0.383 e. The minimum absolute atomic E-state index is 0. The second-order valence-electron chi connectivity index (χ2n) is 5.90. The van der Waals surface area contributed by atoms with E-state index < -0.39 is 0 Å². The lowest BCUT2D eigenvalue weighted by Crippen LogP contribution is -2.57. The lowest BCUT2D eigenvalue weighted by Gasteiger charge is -2.42. The highest BCUT2D eigenvalue weighted by molar-refractivity contribution is 5.85. The molecular formula is C15H30ClN3O2. The van der Waals surface area contributed by atoms with Crippen LogP contribution in [0.4, 0.5) is 0 Å². The Kier molecular flexibility index (Phi) is 8.56. The van der Waals surface area contributed by atoms with Crippen LogP contribution in [0.3, 0.4) is 0 Å². The standard InChI is InChI=1S/C15H29N3O2.ClH/c1-3-5-13-12-18(9-8-17(13)10-11-20-2)15(19)14-6-4-7-16-14;/h13-14,16H,3-12H2,1-2H3;1H. The van der Waals surface area contributed by atoms with Crippen LogP contribution < -0.4 is 5.32 Å². The van der Waals surface area contributed by atoms with Crippen LogP contribution in [0.1, 0.15) is 32.6 Å². The molecule has 0 aromatic rings. The van der Waals surface area contributed by atoms with E-state index in [4.69, 9.17) is 4.74 Å². The van der Waals surface area contributed by atoms with Crippen LogP contribution in [0.2, 0.25) is 0 Å². The number of rotatable bonds is 6. The molecule has 6 heteroatoms. The molecule has 0 aliphatic carbocycles. The molecule has 2 saturated heterocycles. The van der Waals surface area contributed by atoms with Crippen molar-refractivity contribution in [3.63, 3.8) is 0 Å². The predicted molar refractivity (Wildman–Crippen MR) is 87.0 cm³/mol. The topological polar surface area (TPSA) is 44.8 Å². The maximum absolute atomic E-state index is 12.5. The monoisotopic (exact) mass is 319 g/mol. The number of amides is 1. The Morgan fingerprint density at radius 2 is 2.19 bits per heavy atom. The highest BCUT2D eigenvalue weighted by Crippen LogP contribution is 2.17. The number of methoxy groups -OCH3 is 1. The summed E-state index contributed by atoms with van der Waals surface area (Å²) in [7, 11) is 1.75. The summed E-state index contributed by atoms with van der Waals surface area (Å²) >= 11 is 0. The fraction of sp³-hybridized carbons (Fsp3) is 0.933. The molecule has 124 valence electrons. The Hall–Kier alpha value is -0.360. The van der Waals surface area contributed by atoms with Gasteiger partial charge in [-0.1, -0.05) is 13.3 Å². The summed E-state index contributed by atoms with van der Waals surface area (Å²) in [5, 5.41) is 3.32. The molecule has 1 N–H and O–H groups in total. The number of piperazine rings is 1. The second-order valence-corrected chi connectivity index (χ2v) is 5.90. The van der Waals surface area contributed by atoms with Crippen molar-refractivity contribution >= 4 is 18.3 Å². The van der Waals surface area contributed by atoms with Gasteiger partial charge in [0.15, 0.2) is 0 Å². The van der Waals surface area contributed by atoms with Crippen LogP contribution in [0.25, 0.3) is 0 Å². The van der Waals surface area contributed by atoms with E-state index in [9.17, 15) is 4.79 Å². The molecule has 2 fully saturated rings. The molecule has 2 atom stereocenters. The van der Waals surface area contributed by atoms with Gasteiger partial charge in [0.1, 0.15) is 0 Å². The van der Waals surface area contributed by atoms with Crippen LogP contribution in [0.15, 0.2) is 0 Å². The van der Waals surface area contributed by atoms with Crippen molar-refractivity contribution in [3.8, 4) is 0 Å². The maximum Gasteiger partial charge on any atom is 0.239 e. The average molecular weight is 320 g/mol. The van der Waals surface area contributed by atoms with Crippen molar-refractivity contribution in [1.29, 1.82) is 0 Å². The van der Waals surface area contributed by atoms with Crippen molar-refractivity contribution in [2.75, 3.05) is 46.4 Å². The number of hydrogen-bond acceptors (Lipinski definition) is 4. The van der Waals surface area contributed by atoms with Gasteiger partial charge in [-0.3, -0.25) is 9.69 Å². The molecule has 2 aliphatic heterocycles. The lowest BCUT2D eigenvalue weighted by atomic mass is 10.1. The van der Waals surface area contributed by atoms with Crippen LogP contribution in [-0.2, 0) is 9.53 Å². The molecule has 0 aromatic carbocycles. The molecule has 0 saturated carbocycles. The second kappa shape index (κ2) is 9.62. The molecule has 0 bridgehead atoms. The van der Waals surface area contributed by atoms with E-state index in [1.54, 1.807) is 7.11 Å². The summed E-state index contributed by atoms with van der Waals surface area (Å²) in [5.74, 6) is 0.315. The first-order valence-corrected chi connectivity index (χ1v) is 8.01. The number of nitrogens with one attached hydrogen (secondary N) is 1. The van der Waals surface area contributed by atoms with Crippen LogP contribution >= 0.6 is 12.4 Å². The minimum atomic E-state index is 0. The first kappa shape index (κ1) is 18.7. The summed E-state index contributed by atoms with van der Waals surface area (Å²) in [6.45, 7) is 7.68. The number of nitrogens with zero attached hydrogens (tertiary/aromatic N) is 2. The number of halogens is 1. The molecule has 0 aromatic heterocycles. The van der Waals surface area contributed by atoms with Crippen LogP contribution in [-0.4, -0.2) is 74.2 Å². The average Bonchev–Trinajstić information content (AvgIpc) is 2.99.